The average Bonchev–Trinajstić information content (AvgIpc) is 3.78. The lowest BCUT2D eigenvalue weighted by atomic mass is 9.33. The maximum absolute atomic E-state index is 6.58. The van der Waals surface area contributed by atoms with Gasteiger partial charge in [-0.2, -0.15) is 0 Å². The number of hydrogen-bond donors (Lipinski definition) is 0. The van der Waals surface area contributed by atoms with E-state index in [0.29, 0.717) is 5.92 Å². The number of aryl methyl sites for hydroxylation is 1. The lowest BCUT2D eigenvalue weighted by Gasteiger charge is -2.42. The molecule has 11 rings (SSSR count). The van der Waals surface area contributed by atoms with Crippen LogP contribution in [0, 0.1) is 6.92 Å². The summed E-state index contributed by atoms with van der Waals surface area (Å²) in [6.07, 6.45) is 15.6. The van der Waals surface area contributed by atoms with E-state index >= 15 is 0 Å². The summed E-state index contributed by atoms with van der Waals surface area (Å²) < 4.78 is 9.30. The predicted molar refractivity (Wildman–Crippen MR) is 220 cm³/mol. The maximum Gasteiger partial charge on any atom is 0.252 e. The van der Waals surface area contributed by atoms with Crippen molar-refractivity contribution in [3.05, 3.63) is 136 Å². The van der Waals surface area contributed by atoms with Crippen molar-refractivity contribution in [1.29, 1.82) is 0 Å². The van der Waals surface area contributed by atoms with Gasteiger partial charge in [0.15, 0.2) is 0 Å². The Kier molecular flexibility index (Phi) is 6.13. The van der Waals surface area contributed by atoms with E-state index in [-0.39, 0.29) is 23.5 Å². The third-order valence-corrected chi connectivity index (χ3v) is 13.7. The molecule has 2 atom stereocenters. The Labute approximate surface area is 311 Å². The van der Waals surface area contributed by atoms with Crippen molar-refractivity contribution < 1.29 is 4.74 Å². The molecule has 0 saturated carbocycles. The van der Waals surface area contributed by atoms with E-state index in [4.69, 9.17) is 4.74 Å². The van der Waals surface area contributed by atoms with Gasteiger partial charge in [0.1, 0.15) is 11.5 Å². The molecule has 2 unspecified atom stereocenters. The van der Waals surface area contributed by atoms with Crippen molar-refractivity contribution >= 4 is 62.8 Å². The number of fused-ring (bicyclic) bond motifs is 12. The molecule has 0 bridgehead atoms. The van der Waals surface area contributed by atoms with Crippen LogP contribution in [0.15, 0.2) is 113 Å². The maximum atomic E-state index is 6.58. The van der Waals surface area contributed by atoms with Crippen LogP contribution in [-0.2, 0) is 10.8 Å². The minimum atomic E-state index is 0.00292. The van der Waals surface area contributed by atoms with Crippen molar-refractivity contribution in [2.75, 3.05) is 4.90 Å². The minimum absolute atomic E-state index is 0.00292. The Morgan fingerprint density at radius 2 is 1.52 bits per heavy atom. The van der Waals surface area contributed by atoms with Crippen molar-refractivity contribution in [2.45, 2.75) is 88.9 Å². The standard InChI is InChI=1S/C47H43BN2OS/c1-26-21-36-42-37(22-26)50-43-31(45-44(50)30-14-9-11-18-40(30)52-45)23-28(47(5,6)7)24-33(43)48(42)32-20-19-27(46(2,3)4)25-35(32)49(36)34-15-12-17-39-41(34)29-13-8-10-16-38(29)51-39/h8-12,15-25,29-30H,13-14H2,1-7H3. The first kappa shape index (κ1) is 31.0. The fourth-order valence-corrected chi connectivity index (χ4v) is 11.2. The van der Waals surface area contributed by atoms with Gasteiger partial charge in [-0.15, -0.1) is 0 Å². The second-order valence-electron chi connectivity index (χ2n) is 17.7. The van der Waals surface area contributed by atoms with Gasteiger partial charge in [-0.1, -0.05) is 108 Å². The molecular formula is C47H43BN2OS. The van der Waals surface area contributed by atoms with Gasteiger partial charge in [0, 0.05) is 50.0 Å². The predicted octanol–water partition coefficient (Wildman–Crippen LogP) is 10.5. The monoisotopic (exact) mass is 694 g/mol. The molecule has 52 heavy (non-hydrogen) atoms. The highest BCUT2D eigenvalue weighted by Gasteiger charge is 2.47. The summed E-state index contributed by atoms with van der Waals surface area (Å²) in [6.45, 7) is 16.5. The van der Waals surface area contributed by atoms with Gasteiger partial charge in [-0.25, -0.2) is 0 Å². The van der Waals surface area contributed by atoms with E-state index in [2.05, 4.69) is 155 Å². The number of thioether (sulfide) groups is 1. The summed E-state index contributed by atoms with van der Waals surface area (Å²) in [5, 5.41) is 1.42. The van der Waals surface area contributed by atoms with Crippen molar-refractivity contribution in [1.82, 2.24) is 4.57 Å². The Morgan fingerprint density at radius 1 is 0.750 bits per heavy atom. The largest absolute Gasteiger partial charge is 0.461 e. The molecule has 0 N–H and O–H groups in total. The van der Waals surface area contributed by atoms with Gasteiger partial charge >= 0.3 is 0 Å². The highest BCUT2D eigenvalue weighted by Crippen LogP contribution is 2.58. The summed E-state index contributed by atoms with van der Waals surface area (Å²) in [6, 6.07) is 24.1. The fourth-order valence-electron chi connectivity index (χ4n) is 9.85. The highest BCUT2D eigenvalue weighted by molar-refractivity contribution is 8.03. The van der Waals surface area contributed by atoms with Crippen LogP contribution in [0.1, 0.15) is 94.2 Å². The number of anilines is 3. The van der Waals surface area contributed by atoms with Gasteiger partial charge < -0.3 is 14.2 Å². The molecule has 1 aromatic heterocycles. The molecule has 4 aromatic carbocycles. The van der Waals surface area contributed by atoms with Crippen LogP contribution in [0.4, 0.5) is 17.1 Å². The number of nitrogens with zero attached hydrogens (tertiary/aromatic N) is 2. The van der Waals surface area contributed by atoms with Crippen LogP contribution in [0.25, 0.3) is 16.6 Å². The minimum Gasteiger partial charge on any atom is -0.461 e. The zero-order valence-corrected chi connectivity index (χ0v) is 31.9. The van der Waals surface area contributed by atoms with Gasteiger partial charge in [0.05, 0.1) is 11.6 Å². The molecule has 256 valence electrons. The molecular weight excluding hydrogens is 651 g/mol. The van der Waals surface area contributed by atoms with Crippen LogP contribution < -0.4 is 26.0 Å². The normalized spacial score (nSPS) is 20.1. The van der Waals surface area contributed by atoms with E-state index in [1.54, 1.807) is 0 Å². The first-order chi connectivity index (χ1) is 25.0. The molecule has 5 heteroatoms. The molecule has 0 radical (unpaired) electrons. The zero-order valence-electron chi connectivity index (χ0n) is 31.1. The number of ether oxygens (including phenoxy) is 1. The smallest absolute Gasteiger partial charge is 0.252 e. The van der Waals surface area contributed by atoms with Crippen molar-refractivity contribution in [3.63, 3.8) is 0 Å². The van der Waals surface area contributed by atoms with Gasteiger partial charge in [0.2, 0.25) is 0 Å². The number of aromatic nitrogens is 1. The third kappa shape index (κ3) is 4.06. The van der Waals surface area contributed by atoms with E-state index in [1.165, 1.54) is 87.8 Å². The zero-order chi connectivity index (χ0) is 35.4. The van der Waals surface area contributed by atoms with Gasteiger partial charge in [-0.3, -0.25) is 0 Å². The first-order valence-electron chi connectivity index (χ1n) is 19.0. The van der Waals surface area contributed by atoms with Crippen LogP contribution in [0.2, 0.25) is 0 Å². The lowest BCUT2D eigenvalue weighted by molar-refractivity contribution is 0.425. The van der Waals surface area contributed by atoms with Crippen molar-refractivity contribution in [2.24, 2.45) is 0 Å². The highest BCUT2D eigenvalue weighted by atomic mass is 32.2. The summed E-state index contributed by atoms with van der Waals surface area (Å²) in [7, 11) is 0. The first-order valence-corrected chi connectivity index (χ1v) is 19.8. The fraction of sp³-hybridized carbons (Fsp3) is 0.277. The third-order valence-electron chi connectivity index (χ3n) is 12.4. The average molecular weight is 695 g/mol. The lowest BCUT2D eigenvalue weighted by Crippen LogP contribution is -2.61. The van der Waals surface area contributed by atoms with Gasteiger partial charge in [0.25, 0.3) is 6.71 Å². The quantitative estimate of drug-likeness (QED) is 0.159. The molecule has 4 aliphatic heterocycles. The van der Waals surface area contributed by atoms with Crippen LogP contribution >= 0.6 is 11.8 Å². The molecule has 5 aromatic rings. The number of hydrogen-bond acceptors (Lipinski definition) is 3. The number of benzene rings is 4. The molecule has 6 aliphatic rings. The van der Waals surface area contributed by atoms with Gasteiger partial charge in [-0.05, 0) is 111 Å². The summed E-state index contributed by atoms with van der Waals surface area (Å²) in [5.41, 5.74) is 17.7. The molecule has 3 nitrogen and oxygen atoms in total. The second-order valence-corrected chi connectivity index (χ2v) is 18.8. The van der Waals surface area contributed by atoms with Crippen LogP contribution in [0.5, 0.6) is 5.75 Å². The summed E-state index contributed by atoms with van der Waals surface area (Å²) >= 11 is 2.01. The number of rotatable bonds is 1. The Balaban J connectivity index is 1.27. The van der Waals surface area contributed by atoms with E-state index in [0.717, 1.165) is 24.4 Å². The summed E-state index contributed by atoms with van der Waals surface area (Å²) in [4.78, 5) is 5.56. The molecule has 5 heterocycles. The molecule has 2 aliphatic carbocycles. The van der Waals surface area contributed by atoms with E-state index in [1.807, 2.05) is 11.8 Å². The number of allylic oxidation sites excluding steroid dienone is 8. The Bertz CT molecular complexity index is 2580. The molecule has 0 saturated heterocycles. The molecule has 0 amide bonds. The van der Waals surface area contributed by atoms with Crippen LogP contribution in [-0.4, -0.2) is 11.3 Å². The Morgan fingerprint density at radius 3 is 2.33 bits per heavy atom. The molecule has 0 fully saturated rings. The van der Waals surface area contributed by atoms with Crippen LogP contribution in [0.3, 0.4) is 0 Å². The topological polar surface area (TPSA) is 17.4 Å². The van der Waals surface area contributed by atoms with E-state index < -0.39 is 0 Å². The van der Waals surface area contributed by atoms with Crippen molar-refractivity contribution in [3.8, 4) is 11.4 Å². The SMILES string of the molecule is Cc1cc2c3c(c1)-n1c4c(c5cc(C(C)(C)C)cc(c51)B3c1ccc(C(C)(C)C)cc1N2c1cccc2c1C1CC=CC=C1O2)SC1=CC=CCC14. The molecule has 0 spiro atoms. The second kappa shape index (κ2) is 10.3. The van der Waals surface area contributed by atoms with E-state index in [9.17, 15) is 0 Å². The Hall–Kier alpha value is -4.61. The summed E-state index contributed by atoms with van der Waals surface area (Å²) in [5.74, 6) is 2.65.